The number of amides is 1. The Hall–Kier alpha value is -3.27. The molecule has 29 heavy (non-hydrogen) atoms. The summed E-state index contributed by atoms with van der Waals surface area (Å²) in [6.45, 7) is 0. The van der Waals surface area contributed by atoms with E-state index in [9.17, 15) is 28.6 Å². The van der Waals surface area contributed by atoms with Gasteiger partial charge in [-0.1, -0.05) is 34.1 Å². The SMILES string of the molecule is O=C(O)C[C@H](NC(=O)c1cc(O)n(-c2ccc(F)cc2F)n1)c1ccccc1Br. The molecule has 1 heterocycles. The summed E-state index contributed by atoms with van der Waals surface area (Å²) >= 11 is 3.32. The van der Waals surface area contributed by atoms with Gasteiger partial charge in [0.1, 0.15) is 11.5 Å². The van der Waals surface area contributed by atoms with Crippen LogP contribution < -0.4 is 5.32 Å². The van der Waals surface area contributed by atoms with Crippen LogP contribution in [0.5, 0.6) is 5.88 Å². The Labute approximate surface area is 171 Å². The molecule has 1 amide bonds. The van der Waals surface area contributed by atoms with Crippen LogP contribution in [0.15, 0.2) is 53.0 Å². The van der Waals surface area contributed by atoms with E-state index in [-0.39, 0.29) is 11.4 Å². The number of carbonyl (C=O) groups excluding carboxylic acids is 1. The van der Waals surface area contributed by atoms with Gasteiger partial charge in [-0.05, 0) is 23.8 Å². The highest BCUT2D eigenvalue weighted by atomic mass is 79.9. The maximum absolute atomic E-state index is 14.0. The molecule has 2 aromatic carbocycles. The molecule has 0 aliphatic rings. The minimum atomic E-state index is -1.13. The van der Waals surface area contributed by atoms with Crippen LogP contribution >= 0.6 is 15.9 Å². The van der Waals surface area contributed by atoms with Gasteiger partial charge in [-0.2, -0.15) is 9.78 Å². The van der Waals surface area contributed by atoms with E-state index in [2.05, 4.69) is 26.3 Å². The third-order valence-corrected chi connectivity index (χ3v) is 4.75. The van der Waals surface area contributed by atoms with E-state index in [1.165, 1.54) is 0 Å². The molecular formula is C19H14BrF2N3O4. The first-order valence-electron chi connectivity index (χ1n) is 8.28. The van der Waals surface area contributed by atoms with E-state index in [1.807, 2.05) is 0 Å². The quantitative estimate of drug-likeness (QED) is 0.516. The van der Waals surface area contributed by atoms with E-state index in [4.69, 9.17) is 0 Å². The molecule has 10 heteroatoms. The highest BCUT2D eigenvalue weighted by Crippen LogP contribution is 2.27. The second-order valence-corrected chi connectivity index (χ2v) is 6.90. The molecule has 3 rings (SSSR count). The van der Waals surface area contributed by atoms with Crippen molar-refractivity contribution in [2.45, 2.75) is 12.5 Å². The number of carbonyl (C=O) groups is 2. The molecule has 3 N–H and O–H groups in total. The van der Waals surface area contributed by atoms with Crippen LogP contribution in [-0.4, -0.2) is 31.9 Å². The molecule has 3 aromatic rings. The van der Waals surface area contributed by atoms with E-state index < -0.39 is 41.9 Å². The zero-order chi connectivity index (χ0) is 21.1. The number of rotatable bonds is 6. The lowest BCUT2D eigenvalue weighted by Gasteiger charge is -2.18. The summed E-state index contributed by atoms with van der Waals surface area (Å²) in [6, 6.07) is 9.56. The predicted octanol–water partition coefficient (Wildman–Crippen LogP) is 3.56. The lowest BCUT2D eigenvalue weighted by Crippen LogP contribution is -2.30. The van der Waals surface area contributed by atoms with Gasteiger partial charge in [0.25, 0.3) is 5.91 Å². The summed E-state index contributed by atoms with van der Waals surface area (Å²) in [5.74, 6) is -4.24. The maximum Gasteiger partial charge on any atom is 0.305 e. The summed E-state index contributed by atoms with van der Waals surface area (Å²) in [4.78, 5) is 23.8. The third-order valence-electron chi connectivity index (χ3n) is 4.03. The number of nitrogens with zero attached hydrogens (tertiary/aromatic N) is 2. The number of hydrogen-bond acceptors (Lipinski definition) is 4. The lowest BCUT2D eigenvalue weighted by molar-refractivity contribution is -0.137. The van der Waals surface area contributed by atoms with Crippen LogP contribution in [0.1, 0.15) is 28.5 Å². The maximum atomic E-state index is 14.0. The van der Waals surface area contributed by atoms with Crippen molar-refractivity contribution in [3.8, 4) is 11.6 Å². The molecule has 1 aromatic heterocycles. The zero-order valence-electron chi connectivity index (χ0n) is 14.6. The van der Waals surface area contributed by atoms with Gasteiger partial charge in [0, 0.05) is 16.6 Å². The zero-order valence-corrected chi connectivity index (χ0v) is 16.2. The molecule has 0 aliphatic carbocycles. The largest absolute Gasteiger partial charge is 0.493 e. The average Bonchev–Trinajstić information content (AvgIpc) is 3.03. The van der Waals surface area contributed by atoms with Crippen molar-refractivity contribution in [2.24, 2.45) is 0 Å². The van der Waals surface area contributed by atoms with E-state index >= 15 is 0 Å². The van der Waals surface area contributed by atoms with Crippen LogP contribution in [0.3, 0.4) is 0 Å². The summed E-state index contributed by atoms with van der Waals surface area (Å²) in [5.41, 5.74) is 0.0148. The van der Waals surface area contributed by atoms with Gasteiger partial charge in [-0.3, -0.25) is 9.59 Å². The predicted molar refractivity (Wildman–Crippen MR) is 102 cm³/mol. The monoisotopic (exact) mass is 465 g/mol. The molecular weight excluding hydrogens is 452 g/mol. The van der Waals surface area contributed by atoms with Crippen LogP contribution in [0, 0.1) is 11.6 Å². The van der Waals surface area contributed by atoms with Gasteiger partial charge >= 0.3 is 5.97 Å². The first kappa shape index (κ1) is 20.5. The molecule has 0 saturated carbocycles. The standard InChI is InChI=1S/C19H14BrF2N3O4/c20-12-4-2-1-3-11(12)14(9-18(27)28)23-19(29)15-8-17(26)25(24-15)16-6-5-10(21)7-13(16)22/h1-8,14,26H,9H2,(H,23,29)(H,27,28)/t14-/m0/s1. The van der Waals surface area contributed by atoms with Crippen molar-refractivity contribution in [3.63, 3.8) is 0 Å². The molecule has 0 unspecified atom stereocenters. The van der Waals surface area contributed by atoms with E-state index in [0.717, 1.165) is 22.9 Å². The Kier molecular flexibility index (Phi) is 5.92. The molecule has 0 spiro atoms. The van der Waals surface area contributed by atoms with Crippen LogP contribution in [0.4, 0.5) is 8.78 Å². The summed E-state index contributed by atoms with van der Waals surface area (Å²) in [7, 11) is 0. The first-order chi connectivity index (χ1) is 13.8. The van der Waals surface area contributed by atoms with Crippen LogP contribution in [-0.2, 0) is 4.79 Å². The van der Waals surface area contributed by atoms with Crippen molar-refractivity contribution in [2.75, 3.05) is 0 Å². The molecule has 7 nitrogen and oxygen atoms in total. The second-order valence-electron chi connectivity index (χ2n) is 6.04. The fourth-order valence-corrected chi connectivity index (χ4v) is 3.28. The van der Waals surface area contributed by atoms with Crippen molar-refractivity contribution in [1.29, 1.82) is 0 Å². The Morgan fingerprint density at radius 1 is 1.17 bits per heavy atom. The molecule has 0 bridgehead atoms. The summed E-state index contributed by atoms with van der Waals surface area (Å²) in [6.07, 6.45) is -0.395. The van der Waals surface area contributed by atoms with Gasteiger partial charge in [0.05, 0.1) is 12.5 Å². The molecule has 0 radical (unpaired) electrons. The highest BCUT2D eigenvalue weighted by Gasteiger charge is 2.23. The number of benzene rings is 2. The Morgan fingerprint density at radius 2 is 1.90 bits per heavy atom. The number of carboxylic acid groups (broad SMARTS) is 1. The van der Waals surface area contributed by atoms with Gasteiger partial charge in [0.15, 0.2) is 11.5 Å². The van der Waals surface area contributed by atoms with Gasteiger partial charge in [-0.25, -0.2) is 8.78 Å². The second kappa shape index (κ2) is 8.39. The lowest BCUT2D eigenvalue weighted by atomic mass is 10.0. The Morgan fingerprint density at radius 3 is 2.55 bits per heavy atom. The number of hydrogen-bond donors (Lipinski definition) is 3. The van der Waals surface area contributed by atoms with Crippen molar-refractivity contribution in [3.05, 3.63) is 75.9 Å². The third kappa shape index (κ3) is 4.60. The van der Waals surface area contributed by atoms with Crippen molar-refractivity contribution >= 4 is 27.8 Å². The molecule has 150 valence electrons. The Balaban J connectivity index is 1.89. The van der Waals surface area contributed by atoms with E-state index in [1.54, 1.807) is 24.3 Å². The number of halogens is 3. The number of aromatic nitrogens is 2. The average molecular weight is 466 g/mol. The molecule has 0 aliphatic heterocycles. The molecule has 1 atom stereocenters. The Bertz CT molecular complexity index is 1090. The normalized spacial score (nSPS) is 11.8. The fourth-order valence-electron chi connectivity index (χ4n) is 2.72. The van der Waals surface area contributed by atoms with Crippen LogP contribution in [0.25, 0.3) is 5.69 Å². The number of aliphatic carboxylic acids is 1. The topological polar surface area (TPSA) is 104 Å². The molecule has 0 fully saturated rings. The number of nitrogens with one attached hydrogen (secondary N) is 1. The molecule has 0 saturated heterocycles. The fraction of sp³-hybridized carbons (Fsp3) is 0.105. The minimum absolute atomic E-state index is 0.254. The minimum Gasteiger partial charge on any atom is -0.493 e. The van der Waals surface area contributed by atoms with Crippen LogP contribution in [0.2, 0.25) is 0 Å². The first-order valence-corrected chi connectivity index (χ1v) is 9.07. The summed E-state index contributed by atoms with van der Waals surface area (Å²) < 4.78 is 28.4. The van der Waals surface area contributed by atoms with Gasteiger partial charge in [-0.15, -0.1) is 0 Å². The number of carboxylic acids is 1. The van der Waals surface area contributed by atoms with Gasteiger partial charge in [0.2, 0.25) is 5.88 Å². The van der Waals surface area contributed by atoms with Crippen molar-refractivity contribution < 1.29 is 28.6 Å². The van der Waals surface area contributed by atoms with Crippen molar-refractivity contribution in [1.82, 2.24) is 15.1 Å². The van der Waals surface area contributed by atoms with E-state index in [0.29, 0.717) is 16.1 Å². The van der Waals surface area contributed by atoms with Gasteiger partial charge < -0.3 is 15.5 Å². The summed E-state index contributed by atoms with van der Waals surface area (Å²) in [5, 5.41) is 25.6. The highest BCUT2D eigenvalue weighted by molar-refractivity contribution is 9.10. The number of aromatic hydroxyl groups is 1. The smallest absolute Gasteiger partial charge is 0.305 e.